The second-order valence-corrected chi connectivity index (χ2v) is 6.71. The van der Waals surface area contributed by atoms with Crippen LogP contribution in [0.1, 0.15) is 38.9 Å². The average molecular weight is 308 g/mol. The first-order chi connectivity index (χ1) is 9.98. The van der Waals surface area contributed by atoms with Crippen molar-refractivity contribution in [3.63, 3.8) is 0 Å². The van der Waals surface area contributed by atoms with Gasteiger partial charge in [-0.2, -0.15) is 9.97 Å². The summed E-state index contributed by atoms with van der Waals surface area (Å²) in [7, 11) is 0. The molecule has 3 aliphatic rings. The van der Waals surface area contributed by atoms with Gasteiger partial charge >= 0.3 is 0 Å². The highest BCUT2D eigenvalue weighted by Gasteiger charge is 2.44. The topological polar surface area (TPSA) is 77.9 Å². The van der Waals surface area contributed by atoms with Crippen molar-refractivity contribution in [2.75, 3.05) is 11.4 Å². The van der Waals surface area contributed by atoms with Gasteiger partial charge in [0.05, 0.1) is 0 Å². The number of aromatic nitrogens is 4. The molecule has 0 amide bonds. The van der Waals surface area contributed by atoms with E-state index in [1.54, 1.807) is 6.92 Å². The van der Waals surface area contributed by atoms with E-state index in [1.165, 1.54) is 12.8 Å². The van der Waals surface area contributed by atoms with Gasteiger partial charge in [0, 0.05) is 12.6 Å². The predicted octanol–water partition coefficient (Wildman–Crippen LogP) is 2.22. The number of imidazole rings is 1. The molecule has 2 aromatic heterocycles. The molecule has 2 aromatic rings. The summed E-state index contributed by atoms with van der Waals surface area (Å²) >= 11 is 6.06. The maximum Gasteiger partial charge on any atom is 0.226 e. The number of H-pyrrole nitrogens is 1. The van der Waals surface area contributed by atoms with E-state index in [9.17, 15) is 5.11 Å². The van der Waals surface area contributed by atoms with Crippen molar-refractivity contribution < 1.29 is 5.11 Å². The van der Waals surface area contributed by atoms with Gasteiger partial charge in [-0.15, -0.1) is 0 Å². The Labute approximate surface area is 127 Å². The quantitative estimate of drug-likeness (QED) is 0.850. The molecule has 7 heteroatoms. The fourth-order valence-corrected chi connectivity index (χ4v) is 3.44. The largest absolute Gasteiger partial charge is 0.382 e. The fraction of sp³-hybridized carbons (Fsp3) is 0.643. The number of fused-ring (bicyclic) bond motifs is 2. The van der Waals surface area contributed by atoms with E-state index < -0.39 is 5.60 Å². The van der Waals surface area contributed by atoms with Gasteiger partial charge in [-0.25, -0.2) is 4.98 Å². The lowest BCUT2D eigenvalue weighted by Crippen LogP contribution is -2.29. The Morgan fingerprint density at radius 2 is 2.14 bits per heavy atom. The number of aliphatic hydroxyl groups is 1. The number of hydrogen-bond donors (Lipinski definition) is 2. The van der Waals surface area contributed by atoms with E-state index >= 15 is 0 Å². The van der Waals surface area contributed by atoms with Crippen LogP contribution >= 0.6 is 11.6 Å². The number of anilines is 1. The Kier molecular flexibility index (Phi) is 2.72. The molecule has 3 fully saturated rings. The van der Waals surface area contributed by atoms with Crippen molar-refractivity contribution in [1.29, 1.82) is 0 Å². The predicted molar refractivity (Wildman–Crippen MR) is 80.4 cm³/mol. The molecule has 1 aliphatic carbocycles. The normalized spacial score (nSPS) is 27.0. The van der Waals surface area contributed by atoms with Crippen LogP contribution in [0, 0.1) is 5.92 Å². The van der Waals surface area contributed by atoms with Gasteiger partial charge in [0.25, 0.3) is 0 Å². The lowest BCUT2D eigenvalue weighted by atomic mass is 9.86. The highest BCUT2D eigenvalue weighted by atomic mass is 35.5. The van der Waals surface area contributed by atoms with Crippen LogP contribution in [0.25, 0.3) is 11.2 Å². The van der Waals surface area contributed by atoms with E-state index in [4.69, 9.17) is 11.6 Å². The first-order valence-electron chi connectivity index (χ1n) is 7.40. The van der Waals surface area contributed by atoms with Gasteiger partial charge in [0.2, 0.25) is 5.28 Å². The number of nitrogens with zero attached hydrogens (tertiary/aromatic N) is 4. The van der Waals surface area contributed by atoms with E-state index in [1.807, 2.05) is 6.92 Å². The van der Waals surface area contributed by atoms with Gasteiger partial charge in [-0.1, -0.05) is 6.92 Å². The molecule has 1 unspecified atom stereocenters. The minimum atomic E-state index is -1.00. The second kappa shape index (κ2) is 4.30. The van der Waals surface area contributed by atoms with Crippen molar-refractivity contribution in [3.8, 4) is 0 Å². The van der Waals surface area contributed by atoms with Crippen molar-refractivity contribution in [3.05, 3.63) is 11.1 Å². The fourth-order valence-electron chi connectivity index (χ4n) is 3.27. The van der Waals surface area contributed by atoms with Crippen LogP contribution in [-0.4, -0.2) is 37.6 Å². The Balaban J connectivity index is 1.86. The summed E-state index contributed by atoms with van der Waals surface area (Å²) in [6.45, 7) is 4.67. The highest BCUT2D eigenvalue weighted by Crippen LogP contribution is 2.44. The van der Waals surface area contributed by atoms with Crippen LogP contribution < -0.4 is 4.90 Å². The minimum absolute atomic E-state index is 0.216. The number of aromatic amines is 1. The molecule has 2 bridgehead atoms. The highest BCUT2D eigenvalue weighted by molar-refractivity contribution is 6.28. The van der Waals surface area contributed by atoms with Gasteiger partial charge in [-0.05, 0) is 43.7 Å². The Morgan fingerprint density at radius 3 is 2.76 bits per heavy atom. The van der Waals surface area contributed by atoms with Crippen LogP contribution in [0.15, 0.2) is 0 Å². The zero-order chi connectivity index (χ0) is 14.8. The third kappa shape index (κ3) is 1.92. The molecular formula is C14H18ClN5O. The van der Waals surface area contributed by atoms with E-state index in [0.29, 0.717) is 29.5 Å². The number of nitrogens with one attached hydrogen (secondary N) is 1. The molecule has 1 atom stereocenters. The molecule has 5 rings (SSSR count). The standard InChI is InChI=1S/C14H18ClN5O/c1-3-14(2,21)12-16-9-10(17-12)18-13(15)19-11(9)20-6-7-4-8(20)5-7/h7-8,21H,3-6H2,1-2H3,(H,16,17,18,19). The molecule has 0 radical (unpaired) electrons. The lowest BCUT2D eigenvalue weighted by Gasteiger charge is -2.26. The molecule has 2 saturated heterocycles. The van der Waals surface area contributed by atoms with Crippen LogP contribution in [0.4, 0.5) is 5.82 Å². The summed E-state index contributed by atoms with van der Waals surface area (Å²) in [5, 5.41) is 10.6. The molecule has 0 aromatic carbocycles. The number of halogens is 1. The first-order valence-corrected chi connectivity index (χ1v) is 7.78. The molecule has 6 nitrogen and oxygen atoms in total. The van der Waals surface area contributed by atoms with Crippen LogP contribution in [0.3, 0.4) is 0 Å². The van der Waals surface area contributed by atoms with Crippen LogP contribution in [0.5, 0.6) is 0 Å². The molecule has 1 saturated carbocycles. The summed E-state index contributed by atoms with van der Waals surface area (Å²) in [5.74, 6) is 2.09. The molecule has 0 spiro atoms. The molecular weight excluding hydrogens is 290 g/mol. The minimum Gasteiger partial charge on any atom is -0.382 e. The van der Waals surface area contributed by atoms with Crippen LogP contribution in [0.2, 0.25) is 5.28 Å². The molecule has 112 valence electrons. The number of hydrogen-bond acceptors (Lipinski definition) is 5. The maximum absolute atomic E-state index is 10.4. The zero-order valence-electron chi connectivity index (χ0n) is 12.1. The zero-order valence-corrected chi connectivity index (χ0v) is 12.9. The molecule has 4 heterocycles. The van der Waals surface area contributed by atoms with E-state index in [0.717, 1.165) is 18.3 Å². The third-order valence-electron chi connectivity index (χ3n) is 4.88. The smallest absolute Gasteiger partial charge is 0.226 e. The Morgan fingerprint density at radius 1 is 1.38 bits per heavy atom. The molecule has 21 heavy (non-hydrogen) atoms. The van der Waals surface area contributed by atoms with Crippen LogP contribution in [-0.2, 0) is 5.60 Å². The molecule has 2 N–H and O–H groups in total. The summed E-state index contributed by atoms with van der Waals surface area (Å²) < 4.78 is 0. The average Bonchev–Trinajstić information content (AvgIpc) is 3.09. The second-order valence-electron chi connectivity index (χ2n) is 6.37. The van der Waals surface area contributed by atoms with Gasteiger partial charge < -0.3 is 15.0 Å². The van der Waals surface area contributed by atoms with Crippen molar-refractivity contribution in [2.24, 2.45) is 5.92 Å². The van der Waals surface area contributed by atoms with Crippen molar-refractivity contribution in [2.45, 2.75) is 44.8 Å². The summed E-state index contributed by atoms with van der Waals surface area (Å²) in [5.41, 5.74) is 0.297. The summed E-state index contributed by atoms with van der Waals surface area (Å²) in [4.78, 5) is 18.6. The summed E-state index contributed by atoms with van der Waals surface area (Å²) in [6, 6.07) is 0.552. The monoisotopic (exact) mass is 307 g/mol. The maximum atomic E-state index is 10.4. The van der Waals surface area contributed by atoms with Gasteiger partial charge in [0.1, 0.15) is 11.4 Å². The summed E-state index contributed by atoms with van der Waals surface area (Å²) in [6.07, 6.45) is 3.03. The van der Waals surface area contributed by atoms with Crippen molar-refractivity contribution in [1.82, 2.24) is 19.9 Å². The van der Waals surface area contributed by atoms with Gasteiger partial charge in [-0.3, -0.25) is 0 Å². The van der Waals surface area contributed by atoms with E-state index in [-0.39, 0.29) is 5.28 Å². The Hall–Kier alpha value is -1.40. The Bertz CT molecular complexity index is 707. The first kappa shape index (κ1) is 13.3. The SMILES string of the molecule is CCC(C)(O)c1nc2c(N3CC4CC3C4)nc(Cl)nc2[nH]1. The lowest BCUT2D eigenvalue weighted by molar-refractivity contribution is 0.0448. The van der Waals surface area contributed by atoms with Crippen molar-refractivity contribution >= 4 is 28.6 Å². The van der Waals surface area contributed by atoms with E-state index in [2.05, 4.69) is 24.8 Å². The third-order valence-corrected chi connectivity index (χ3v) is 5.04. The molecule has 2 aliphatic heterocycles. The number of rotatable bonds is 3. The van der Waals surface area contributed by atoms with Gasteiger partial charge in [0.15, 0.2) is 17.0 Å².